The number of fused-ring (bicyclic) bond motifs is 1. The van der Waals surface area contributed by atoms with Crippen LogP contribution in [0, 0.1) is 0 Å². The molecular formula is C15H14N2O3. The van der Waals surface area contributed by atoms with Crippen molar-refractivity contribution >= 4 is 16.8 Å². The van der Waals surface area contributed by atoms with Gasteiger partial charge in [-0.2, -0.15) is 0 Å². The molecule has 0 saturated heterocycles. The first-order valence-electron chi connectivity index (χ1n) is 6.17. The maximum Gasteiger partial charge on any atom is 0.233 e. The normalized spacial score (nSPS) is 10.7. The zero-order valence-electron chi connectivity index (χ0n) is 11.0. The number of rotatable bonds is 4. The topological polar surface area (TPSA) is 70.5 Å². The van der Waals surface area contributed by atoms with E-state index in [1.807, 2.05) is 18.2 Å². The lowest BCUT2D eigenvalue weighted by atomic mass is 10.3. The van der Waals surface area contributed by atoms with Gasteiger partial charge >= 0.3 is 0 Å². The summed E-state index contributed by atoms with van der Waals surface area (Å²) in [5, 5.41) is 0. The Morgan fingerprint density at radius 2 is 1.95 bits per heavy atom. The van der Waals surface area contributed by atoms with Crippen LogP contribution in [0.3, 0.4) is 0 Å². The van der Waals surface area contributed by atoms with E-state index in [0.29, 0.717) is 34.2 Å². The molecule has 1 heterocycles. The van der Waals surface area contributed by atoms with Gasteiger partial charge in [-0.3, -0.25) is 0 Å². The summed E-state index contributed by atoms with van der Waals surface area (Å²) in [4.78, 5) is 4.37. The molecule has 0 fully saturated rings. The minimum Gasteiger partial charge on any atom is -0.494 e. The molecule has 5 heteroatoms. The molecule has 0 bridgehead atoms. The standard InChI is InChI=1S/C15H14N2O3/c1-18-12-3-2-4-13-15(12)17-14(20-13)9-19-11-7-5-10(16)6-8-11/h2-8H,9,16H2,1H3. The van der Waals surface area contributed by atoms with Crippen LogP contribution in [0.15, 0.2) is 46.9 Å². The van der Waals surface area contributed by atoms with E-state index in [9.17, 15) is 0 Å². The Kier molecular flexibility index (Phi) is 3.16. The van der Waals surface area contributed by atoms with Crippen molar-refractivity contribution in [3.8, 4) is 11.5 Å². The van der Waals surface area contributed by atoms with E-state index < -0.39 is 0 Å². The van der Waals surface area contributed by atoms with Gasteiger partial charge in [0.25, 0.3) is 0 Å². The van der Waals surface area contributed by atoms with Crippen LogP contribution in [0.25, 0.3) is 11.1 Å². The van der Waals surface area contributed by atoms with E-state index in [-0.39, 0.29) is 6.61 Å². The van der Waals surface area contributed by atoms with Gasteiger partial charge in [-0.25, -0.2) is 4.98 Å². The summed E-state index contributed by atoms with van der Waals surface area (Å²) in [6.07, 6.45) is 0. The number of para-hydroxylation sites is 1. The molecule has 2 N–H and O–H groups in total. The van der Waals surface area contributed by atoms with Gasteiger partial charge in [-0.15, -0.1) is 0 Å². The van der Waals surface area contributed by atoms with Crippen LogP contribution in [-0.2, 0) is 6.61 Å². The maximum atomic E-state index is 5.62. The van der Waals surface area contributed by atoms with E-state index in [4.69, 9.17) is 19.6 Å². The fourth-order valence-electron chi connectivity index (χ4n) is 1.90. The van der Waals surface area contributed by atoms with Crippen LogP contribution >= 0.6 is 0 Å². The van der Waals surface area contributed by atoms with Gasteiger partial charge < -0.3 is 19.6 Å². The summed E-state index contributed by atoms with van der Waals surface area (Å²) in [5.41, 5.74) is 7.70. The summed E-state index contributed by atoms with van der Waals surface area (Å²) in [6.45, 7) is 0.252. The third-order valence-electron chi connectivity index (χ3n) is 2.89. The number of anilines is 1. The molecule has 0 unspecified atom stereocenters. The molecule has 0 amide bonds. The highest BCUT2D eigenvalue weighted by atomic mass is 16.5. The molecular weight excluding hydrogens is 256 g/mol. The minimum atomic E-state index is 0.252. The van der Waals surface area contributed by atoms with Crippen molar-refractivity contribution < 1.29 is 13.9 Å². The monoisotopic (exact) mass is 270 g/mol. The van der Waals surface area contributed by atoms with Crippen molar-refractivity contribution in [2.45, 2.75) is 6.61 Å². The van der Waals surface area contributed by atoms with Crippen LogP contribution in [-0.4, -0.2) is 12.1 Å². The number of methoxy groups -OCH3 is 1. The summed E-state index contributed by atoms with van der Waals surface area (Å²) in [6, 6.07) is 12.7. The average Bonchev–Trinajstić information content (AvgIpc) is 2.89. The zero-order valence-corrected chi connectivity index (χ0v) is 11.0. The Morgan fingerprint density at radius 3 is 2.70 bits per heavy atom. The molecule has 1 aromatic heterocycles. The highest BCUT2D eigenvalue weighted by Crippen LogP contribution is 2.25. The van der Waals surface area contributed by atoms with E-state index in [0.717, 1.165) is 0 Å². The molecule has 20 heavy (non-hydrogen) atoms. The molecule has 0 aliphatic rings. The second-order valence-electron chi connectivity index (χ2n) is 4.27. The highest BCUT2D eigenvalue weighted by Gasteiger charge is 2.10. The third-order valence-corrected chi connectivity index (χ3v) is 2.89. The second kappa shape index (κ2) is 5.13. The van der Waals surface area contributed by atoms with Crippen LogP contribution < -0.4 is 15.2 Å². The van der Waals surface area contributed by atoms with E-state index in [2.05, 4.69) is 4.98 Å². The molecule has 0 radical (unpaired) electrons. The van der Waals surface area contributed by atoms with Gasteiger partial charge in [-0.1, -0.05) is 6.07 Å². The van der Waals surface area contributed by atoms with Gasteiger partial charge in [0.15, 0.2) is 17.7 Å². The predicted octanol–water partition coefficient (Wildman–Crippen LogP) is 3.00. The SMILES string of the molecule is COc1cccc2oc(COc3ccc(N)cc3)nc12. The summed E-state index contributed by atoms with van der Waals surface area (Å²) in [7, 11) is 1.61. The van der Waals surface area contributed by atoms with Crippen LogP contribution in [0.5, 0.6) is 11.5 Å². The van der Waals surface area contributed by atoms with Gasteiger partial charge in [0.1, 0.15) is 11.5 Å². The molecule has 0 saturated carbocycles. The van der Waals surface area contributed by atoms with Crippen molar-refractivity contribution in [1.29, 1.82) is 0 Å². The smallest absolute Gasteiger partial charge is 0.233 e. The van der Waals surface area contributed by atoms with Gasteiger partial charge in [0.05, 0.1) is 7.11 Å². The quantitative estimate of drug-likeness (QED) is 0.738. The summed E-state index contributed by atoms with van der Waals surface area (Å²) in [5.74, 6) is 1.90. The van der Waals surface area contributed by atoms with Crippen LogP contribution in [0.4, 0.5) is 5.69 Å². The number of oxazole rings is 1. The average molecular weight is 270 g/mol. The minimum absolute atomic E-state index is 0.252. The number of hydrogen-bond donors (Lipinski definition) is 1. The molecule has 5 nitrogen and oxygen atoms in total. The van der Waals surface area contributed by atoms with Crippen molar-refractivity contribution in [2.24, 2.45) is 0 Å². The number of nitrogens with two attached hydrogens (primary N) is 1. The Bertz CT molecular complexity index is 720. The number of ether oxygens (including phenoxy) is 2. The molecule has 3 rings (SSSR count). The lowest BCUT2D eigenvalue weighted by molar-refractivity contribution is 0.267. The van der Waals surface area contributed by atoms with Gasteiger partial charge in [-0.05, 0) is 36.4 Å². The fraction of sp³-hybridized carbons (Fsp3) is 0.133. The van der Waals surface area contributed by atoms with E-state index in [1.165, 1.54) is 0 Å². The largest absolute Gasteiger partial charge is 0.494 e. The molecule has 102 valence electrons. The molecule has 0 atom stereocenters. The van der Waals surface area contributed by atoms with Gasteiger partial charge in [0.2, 0.25) is 5.89 Å². The van der Waals surface area contributed by atoms with E-state index in [1.54, 1.807) is 31.4 Å². The number of hydrogen-bond acceptors (Lipinski definition) is 5. The Labute approximate surface area is 115 Å². The Morgan fingerprint density at radius 1 is 1.15 bits per heavy atom. The first-order chi connectivity index (χ1) is 9.76. The molecule has 0 spiro atoms. The highest BCUT2D eigenvalue weighted by molar-refractivity contribution is 5.79. The first-order valence-corrected chi connectivity index (χ1v) is 6.17. The molecule has 2 aromatic carbocycles. The second-order valence-corrected chi connectivity index (χ2v) is 4.27. The fourth-order valence-corrected chi connectivity index (χ4v) is 1.90. The van der Waals surface area contributed by atoms with Crippen molar-refractivity contribution in [1.82, 2.24) is 4.98 Å². The number of nitrogens with zero attached hydrogens (tertiary/aromatic N) is 1. The first kappa shape index (κ1) is 12.3. The van der Waals surface area contributed by atoms with Crippen molar-refractivity contribution in [3.63, 3.8) is 0 Å². The summed E-state index contributed by atoms with van der Waals surface area (Å²) < 4.78 is 16.5. The van der Waals surface area contributed by atoms with Crippen LogP contribution in [0.1, 0.15) is 5.89 Å². The number of aromatic nitrogens is 1. The molecule has 0 aliphatic carbocycles. The van der Waals surface area contributed by atoms with Crippen molar-refractivity contribution in [3.05, 3.63) is 48.4 Å². The molecule has 0 aliphatic heterocycles. The third kappa shape index (κ3) is 2.38. The number of nitrogen functional groups attached to an aromatic ring is 1. The number of benzene rings is 2. The van der Waals surface area contributed by atoms with Gasteiger partial charge in [0, 0.05) is 5.69 Å². The predicted molar refractivity (Wildman–Crippen MR) is 75.7 cm³/mol. The van der Waals surface area contributed by atoms with Crippen LogP contribution in [0.2, 0.25) is 0 Å². The Balaban J connectivity index is 1.79. The van der Waals surface area contributed by atoms with Crippen molar-refractivity contribution in [2.75, 3.05) is 12.8 Å². The summed E-state index contributed by atoms with van der Waals surface area (Å²) >= 11 is 0. The maximum absolute atomic E-state index is 5.62. The lowest BCUT2D eigenvalue weighted by Gasteiger charge is -2.03. The lowest BCUT2D eigenvalue weighted by Crippen LogP contribution is -1.95. The zero-order chi connectivity index (χ0) is 13.9. The Hall–Kier alpha value is -2.69. The molecule has 3 aromatic rings. The van der Waals surface area contributed by atoms with E-state index >= 15 is 0 Å².